The number of rotatable bonds is 7. The third kappa shape index (κ3) is 4.66. The number of benzene rings is 3. The summed E-state index contributed by atoms with van der Waals surface area (Å²) in [5, 5.41) is 22.6. The van der Waals surface area contributed by atoms with Crippen molar-refractivity contribution in [3.63, 3.8) is 0 Å². The fraction of sp³-hybridized carbons (Fsp3) is 0.167. The number of amides is 1. The molecule has 0 saturated carbocycles. The number of aliphatic hydroxyl groups is 1. The van der Waals surface area contributed by atoms with Crippen LogP contribution in [0.3, 0.4) is 0 Å². The molecule has 0 aliphatic carbocycles. The highest BCUT2D eigenvalue weighted by molar-refractivity contribution is 7.17. The quantitative estimate of drug-likeness (QED) is 0.237. The molecule has 1 aliphatic rings. The summed E-state index contributed by atoms with van der Waals surface area (Å²) >= 11 is 7.60. The maximum Gasteiger partial charge on any atom is 0.294 e. The van der Waals surface area contributed by atoms with Crippen LogP contribution in [0.15, 0.2) is 78.1 Å². The van der Waals surface area contributed by atoms with Crippen LogP contribution in [0.5, 0.6) is 11.5 Å². The summed E-state index contributed by atoms with van der Waals surface area (Å²) < 4.78 is 5.58. The second-order valence-corrected chi connectivity index (χ2v) is 10.4. The minimum atomic E-state index is -1.01. The molecule has 39 heavy (non-hydrogen) atoms. The molecule has 0 radical (unpaired) electrons. The van der Waals surface area contributed by atoms with Gasteiger partial charge in [-0.1, -0.05) is 54.1 Å². The van der Waals surface area contributed by atoms with Gasteiger partial charge in [-0.15, -0.1) is 11.3 Å². The number of thiazole rings is 1. The minimum Gasteiger partial charge on any atom is -0.504 e. The first kappa shape index (κ1) is 26.5. The summed E-state index contributed by atoms with van der Waals surface area (Å²) in [6.07, 6.45) is 0. The topological polar surface area (TPSA) is 100.0 Å². The number of hydrogen-bond acceptors (Lipinski definition) is 7. The molecule has 9 heteroatoms. The third-order valence-electron chi connectivity index (χ3n) is 6.57. The Labute approximate surface area is 234 Å². The smallest absolute Gasteiger partial charge is 0.294 e. The van der Waals surface area contributed by atoms with E-state index in [4.69, 9.17) is 16.3 Å². The van der Waals surface area contributed by atoms with Crippen LogP contribution in [0.4, 0.5) is 5.69 Å². The second kappa shape index (κ2) is 10.6. The summed E-state index contributed by atoms with van der Waals surface area (Å²) in [5.74, 6) is -1.77. The Morgan fingerprint density at radius 3 is 2.54 bits per heavy atom. The number of carbonyl (C=O) groups excluding carboxylic acids is 2. The maximum absolute atomic E-state index is 14.1. The molecule has 0 spiro atoms. The van der Waals surface area contributed by atoms with Gasteiger partial charge in [0, 0.05) is 16.3 Å². The molecular weight excluding hydrogens is 536 g/mol. The van der Waals surface area contributed by atoms with Crippen molar-refractivity contribution in [1.29, 1.82) is 0 Å². The van der Waals surface area contributed by atoms with E-state index in [1.165, 1.54) is 22.3 Å². The van der Waals surface area contributed by atoms with Gasteiger partial charge in [0.1, 0.15) is 5.01 Å². The van der Waals surface area contributed by atoms with Crippen LogP contribution < -0.4 is 9.64 Å². The Kier molecular flexibility index (Phi) is 7.16. The van der Waals surface area contributed by atoms with E-state index in [2.05, 4.69) is 4.98 Å². The number of aromatic nitrogens is 1. The van der Waals surface area contributed by atoms with Crippen molar-refractivity contribution < 1.29 is 24.5 Å². The number of nitrogens with zero attached hydrogens (tertiary/aromatic N) is 2. The van der Waals surface area contributed by atoms with Crippen LogP contribution in [0.25, 0.3) is 10.6 Å². The predicted molar refractivity (Wildman–Crippen MR) is 152 cm³/mol. The average Bonchev–Trinajstić information content (AvgIpc) is 3.44. The lowest BCUT2D eigenvalue weighted by Gasteiger charge is -2.28. The fourth-order valence-electron chi connectivity index (χ4n) is 4.66. The van der Waals surface area contributed by atoms with Crippen molar-refractivity contribution in [3.8, 4) is 22.1 Å². The zero-order chi connectivity index (χ0) is 27.8. The van der Waals surface area contributed by atoms with Crippen LogP contribution in [-0.4, -0.2) is 33.5 Å². The van der Waals surface area contributed by atoms with E-state index in [0.717, 1.165) is 5.56 Å². The summed E-state index contributed by atoms with van der Waals surface area (Å²) in [6.45, 7) is 5.57. The van der Waals surface area contributed by atoms with Crippen molar-refractivity contribution in [1.82, 2.24) is 4.98 Å². The lowest BCUT2D eigenvalue weighted by molar-refractivity contribution is -0.117. The Bertz CT molecular complexity index is 1630. The summed E-state index contributed by atoms with van der Waals surface area (Å²) in [4.78, 5) is 34.0. The largest absolute Gasteiger partial charge is 0.504 e. The Balaban J connectivity index is 1.68. The number of aliphatic hydroxyl groups excluding tert-OH is 1. The van der Waals surface area contributed by atoms with Gasteiger partial charge in [0.15, 0.2) is 17.3 Å². The first-order chi connectivity index (χ1) is 18.7. The van der Waals surface area contributed by atoms with Gasteiger partial charge in [-0.3, -0.25) is 14.5 Å². The van der Waals surface area contributed by atoms with Crippen molar-refractivity contribution in [2.75, 3.05) is 11.5 Å². The maximum atomic E-state index is 14.1. The third-order valence-corrected chi connectivity index (χ3v) is 8.19. The Hall–Kier alpha value is -4.14. The second-order valence-electron chi connectivity index (χ2n) is 9.01. The number of halogens is 1. The number of phenols is 1. The van der Waals surface area contributed by atoms with E-state index in [-0.39, 0.29) is 17.1 Å². The number of anilines is 1. The highest BCUT2D eigenvalue weighted by Gasteiger charge is 2.46. The van der Waals surface area contributed by atoms with Gasteiger partial charge in [-0.05, 0) is 56.2 Å². The first-order valence-electron chi connectivity index (χ1n) is 12.3. The van der Waals surface area contributed by atoms with Gasteiger partial charge in [-0.25, -0.2) is 4.98 Å². The van der Waals surface area contributed by atoms with Gasteiger partial charge >= 0.3 is 0 Å². The molecule has 1 aromatic heterocycles. The highest BCUT2D eigenvalue weighted by Crippen LogP contribution is 2.46. The van der Waals surface area contributed by atoms with E-state index in [9.17, 15) is 19.8 Å². The fourth-order valence-corrected chi connectivity index (χ4v) is 5.86. The van der Waals surface area contributed by atoms with Crippen LogP contribution in [0.1, 0.15) is 39.5 Å². The molecule has 198 valence electrons. The molecule has 2 N–H and O–H groups in total. The molecular formula is C30H25ClN2O5S. The van der Waals surface area contributed by atoms with E-state index >= 15 is 0 Å². The van der Waals surface area contributed by atoms with E-state index < -0.39 is 23.5 Å². The molecule has 5 rings (SSSR count). The van der Waals surface area contributed by atoms with Gasteiger partial charge < -0.3 is 14.9 Å². The molecule has 1 atom stereocenters. The normalized spacial score (nSPS) is 15.2. The molecule has 2 heterocycles. The highest BCUT2D eigenvalue weighted by atomic mass is 35.5. The lowest BCUT2D eigenvalue weighted by atomic mass is 9.94. The number of hydrogen-bond donors (Lipinski definition) is 2. The van der Waals surface area contributed by atoms with Crippen molar-refractivity contribution in [2.24, 2.45) is 0 Å². The molecule has 0 fully saturated rings. The first-order valence-corrected chi connectivity index (χ1v) is 13.5. The van der Waals surface area contributed by atoms with E-state index in [0.29, 0.717) is 44.0 Å². The summed E-state index contributed by atoms with van der Waals surface area (Å²) in [6, 6.07) is 18.2. The standard InChI is InChI=1S/C30H25ClN2O5S/c1-4-38-23-15-19(13-14-22(23)34)25-24(27(36)30(37)33(25)21-12-8-11-20(31)16(21)2)26(35)28-17(3)32-29(39-28)18-9-6-5-7-10-18/h5-15,25,34,36H,4H2,1-3H3. The minimum absolute atomic E-state index is 0.0812. The number of aromatic hydroxyl groups is 1. The lowest BCUT2D eigenvalue weighted by Crippen LogP contribution is -2.31. The zero-order valence-corrected chi connectivity index (χ0v) is 23.0. The monoisotopic (exact) mass is 560 g/mol. The number of Topliss-reactive ketones (excluding diaryl/α,β-unsaturated/α-hetero) is 1. The van der Waals surface area contributed by atoms with Gasteiger partial charge in [-0.2, -0.15) is 0 Å². The molecule has 7 nitrogen and oxygen atoms in total. The molecule has 3 aromatic carbocycles. The number of carbonyl (C=O) groups is 2. The van der Waals surface area contributed by atoms with Crippen LogP contribution >= 0.6 is 22.9 Å². The Morgan fingerprint density at radius 1 is 1.08 bits per heavy atom. The van der Waals surface area contributed by atoms with Crippen molar-refractivity contribution in [3.05, 3.63) is 105 Å². The van der Waals surface area contributed by atoms with Crippen LogP contribution in [-0.2, 0) is 4.79 Å². The predicted octanol–water partition coefficient (Wildman–Crippen LogP) is 6.97. The molecule has 1 unspecified atom stereocenters. The number of phenolic OH excluding ortho intramolecular Hbond substituents is 1. The molecule has 1 amide bonds. The van der Waals surface area contributed by atoms with E-state index in [1.807, 2.05) is 30.3 Å². The van der Waals surface area contributed by atoms with Crippen molar-refractivity contribution >= 4 is 40.3 Å². The molecule has 0 saturated heterocycles. The summed E-state index contributed by atoms with van der Waals surface area (Å²) in [7, 11) is 0. The zero-order valence-electron chi connectivity index (χ0n) is 21.4. The van der Waals surface area contributed by atoms with Crippen LogP contribution in [0, 0.1) is 13.8 Å². The molecule has 4 aromatic rings. The SMILES string of the molecule is CCOc1cc(C2C(C(=O)c3sc(-c4ccccc4)nc3C)=C(O)C(=O)N2c2cccc(Cl)c2C)ccc1O. The molecule has 1 aliphatic heterocycles. The molecule has 0 bridgehead atoms. The van der Waals surface area contributed by atoms with Crippen LogP contribution in [0.2, 0.25) is 5.02 Å². The van der Waals surface area contributed by atoms with Gasteiger partial charge in [0.25, 0.3) is 5.91 Å². The number of aryl methyl sites for hydroxylation is 1. The van der Waals surface area contributed by atoms with Gasteiger partial charge in [0.05, 0.1) is 28.8 Å². The Morgan fingerprint density at radius 2 is 1.82 bits per heavy atom. The van der Waals surface area contributed by atoms with Gasteiger partial charge in [0.2, 0.25) is 5.78 Å². The average molecular weight is 561 g/mol. The number of ether oxygens (including phenoxy) is 1. The van der Waals surface area contributed by atoms with E-state index in [1.54, 1.807) is 51.1 Å². The summed E-state index contributed by atoms with van der Waals surface area (Å²) in [5.41, 5.74) is 2.80. The number of ketones is 1. The van der Waals surface area contributed by atoms with Crippen molar-refractivity contribution in [2.45, 2.75) is 26.8 Å².